The molecule has 1 aromatic heterocycles. The van der Waals surface area contributed by atoms with Crippen molar-refractivity contribution in [3.8, 4) is 0 Å². The highest BCUT2D eigenvalue weighted by molar-refractivity contribution is 7.19. The molecule has 1 unspecified atom stereocenters. The van der Waals surface area contributed by atoms with E-state index in [9.17, 15) is 5.11 Å². The standard InChI is InChI=1S/C21H32N4O2S/c1-22-21(23-14-16-7-9-25(10-8-16)11-12-27-2)24-15-18(26)20-13-17-5-3-4-6-19(17)28-20/h3-6,13,16,18,26H,7-12,14-15H2,1-2H3,(H2,22,23,24). The maximum Gasteiger partial charge on any atom is 0.191 e. The van der Waals surface area contributed by atoms with Gasteiger partial charge in [-0.05, 0) is 49.4 Å². The Bertz CT molecular complexity index is 723. The Labute approximate surface area is 171 Å². The molecule has 3 N–H and O–H groups in total. The Balaban J connectivity index is 1.40. The lowest BCUT2D eigenvalue weighted by atomic mass is 9.97. The van der Waals surface area contributed by atoms with E-state index in [-0.39, 0.29) is 0 Å². The predicted molar refractivity (Wildman–Crippen MR) is 117 cm³/mol. The molecule has 1 saturated heterocycles. The van der Waals surface area contributed by atoms with Gasteiger partial charge in [0.2, 0.25) is 0 Å². The van der Waals surface area contributed by atoms with Crippen molar-refractivity contribution in [2.45, 2.75) is 18.9 Å². The van der Waals surface area contributed by atoms with Gasteiger partial charge in [0.25, 0.3) is 0 Å². The second-order valence-electron chi connectivity index (χ2n) is 7.31. The van der Waals surface area contributed by atoms with Crippen LogP contribution in [0.3, 0.4) is 0 Å². The van der Waals surface area contributed by atoms with Gasteiger partial charge in [0.15, 0.2) is 5.96 Å². The highest BCUT2D eigenvalue weighted by atomic mass is 32.1. The molecule has 2 heterocycles. The molecule has 2 aromatic rings. The summed E-state index contributed by atoms with van der Waals surface area (Å²) in [5.74, 6) is 1.41. The number of likely N-dealkylation sites (tertiary alicyclic amines) is 1. The van der Waals surface area contributed by atoms with Crippen LogP contribution in [0.1, 0.15) is 23.8 Å². The van der Waals surface area contributed by atoms with Gasteiger partial charge in [-0.25, -0.2) is 0 Å². The minimum atomic E-state index is -0.542. The first-order valence-electron chi connectivity index (χ1n) is 10.0. The molecule has 3 rings (SSSR count). The summed E-state index contributed by atoms with van der Waals surface area (Å²) in [7, 11) is 3.53. The van der Waals surface area contributed by atoms with Gasteiger partial charge in [0, 0.05) is 43.4 Å². The van der Waals surface area contributed by atoms with Crippen LogP contribution < -0.4 is 10.6 Å². The smallest absolute Gasteiger partial charge is 0.191 e. The molecule has 0 aliphatic carbocycles. The Hall–Kier alpha value is -1.67. The molecule has 0 bridgehead atoms. The number of guanidine groups is 1. The number of nitrogens with one attached hydrogen (secondary N) is 2. The Morgan fingerprint density at radius 2 is 2.11 bits per heavy atom. The molecule has 0 spiro atoms. The number of aliphatic hydroxyl groups is 1. The van der Waals surface area contributed by atoms with E-state index in [1.54, 1.807) is 25.5 Å². The van der Waals surface area contributed by atoms with Crippen LogP contribution in [-0.2, 0) is 4.74 Å². The summed E-state index contributed by atoms with van der Waals surface area (Å²) in [5, 5.41) is 18.4. The van der Waals surface area contributed by atoms with Crippen molar-refractivity contribution in [2.75, 3.05) is 53.5 Å². The van der Waals surface area contributed by atoms with Gasteiger partial charge in [-0.3, -0.25) is 4.99 Å². The van der Waals surface area contributed by atoms with Crippen LogP contribution in [0.25, 0.3) is 10.1 Å². The quantitative estimate of drug-likeness (QED) is 0.466. The zero-order chi connectivity index (χ0) is 19.8. The summed E-state index contributed by atoms with van der Waals surface area (Å²) in [6.45, 7) is 5.45. The summed E-state index contributed by atoms with van der Waals surface area (Å²) in [6, 6.07) is 10.3. The van der Waals surface area contributed by atoms with Gasteiger partial charge in [-0.15, -0.1) is 11.3 Å². The molecule has 0 saturated carbocycles. The molecule has 1 aliphatic rings. The van der Waals surface area contributed by atoms with E-state index in [0.717, 1.165) is 43.6 Å². The molecule has 1 aromatic carbocycles. The number of ether oxygens (including phenoxy) is 1. The van der Waals surface area contributed by atoms with Gasteiger partial charge in [-0.2, -0.15) is 0 Å². The van der Waals surface area contributed by atoms with E-state index < -0.39 is 6.10 Å². The van der Waals surface area contributed by atoms with E-state index in [1.165, 1.54) is 22.9 Å². The number of hydrogen-bond acceptors (Lipinski definition) is 5. The SMILES string of the molecule is CN=C(NCC1CCN(CCOC)CC1)NCC(O)c1cc2ccccc2s1. The molecule has 1 aliphatic heterocycles. The van der Waals surface area contributed by atoms with E-state index in [1.807, 2.05) is 12.1 Å². The second kappa shape index (κ2) is 10.8. The minimum Gasteiger partial charge on any atom is -0.386 e. The van der Waals surface area contributed by atoms with Crippen molar-refractivity contribution < 1.29 is 9.84 Å². The number of aliphatic hydroxyl groups excluding tert-OH is 1. The van der Waals surface area contributed by atoms with Crippen molar-refractivity contribution in [2.24, 2.45) is 10.9 Å². The Morgan fingerprint density at radius 1 is 1.32 bits per heavy atom. The summed E-state index contributed by atoms with van der Waals surface area (Å²) in [5.41, 5.74) is 0. The molecule has 0 radical (unpaired) electrons. The molecule has 0 amide bonds. The lowest BCUT2D eigenvalue weighted by molar-refractivity contribution is 0.120. The highest BCUT2D eigenvalue weighted by Gasteiger charge is 2.19. The van der Waals surface area contributed by atoms with E-state index in [4.69, 9.17) is 4.74 Å². The number of rotatable bonds is 8. The fourth-order valence-corrected chi connectivity index (χ4v) is 4.61. The summed E-state index contributed by atoms with van der Waals surface area (Å²) in [4.78, 5) is 7.74. The molecule has 7 heteroatoms. The van der Waals surface area contributed by atoms with Gasteiger partial charge in [-0.1, -0.05) is 18.2 Å². The third-order valence-corrected chi connectivity index (χ3v) is 6.55. The van der Waals surface area contributed by atoms with Crippen molar-refractivity contribution in [1.82, 2.24) is 15.5 Å². The van der Waals surface area contributed by atoms with Crippen LogP contribution in [0.2, 0.25) is 0 Å². The van der Waals surface area contributed by atoms with Crippen molar-refractivity contribution >= 4 is 27.4 Å². The second-order valence-corrected chi connectivity index (χ2v) is 8.43. The van der Waals surface area contributed by atoms with Gasteiger partial charge in [0.05, 0.1) is 6.61 Å². The lowest BCUT2D eigenvalue weighted by Crippen LogP contribution is -2.44. The molecule has 154 valence electrons. The maximum absolute atomic E-state index is 10.5. The van der Waals surface area contributed by atoms with Crippen molar-refractivity contribution in [3.63, 3.8) is 0 Å². The average molecular weight is 405 g/mol. The first kappa shape index (κ1) is 21.0. The highest BCUT2D eigenvalue weighted by Crippen LogP contribution is 2.29. The van der Waals surface area contributed by atoms with Gasteiger partial charge < -0.3 is 25.4 Å². The third kappa shape index (κ3) is 5.91. The summed E-state index contributed by atoms with van der Waals surface area (Å²) < 4.78 is 6.37. The largest absolute Gasteiger partial charge is 0.386 e. The first-order chi connectivity index (χ1) is 13.7. The number of nitrogens with zero attached hydrogens (tertiary/aromatic N) is 2. The normalized spacial score (nSPS) is 17.8. The zero-order valence-corrected chi connectivity index (χ0v) is 17.7. The molecule has 1 atom stereocenters. The topological polar surface area (TPSA) is 69.1 Å². The average Bonchev–Trinajstić information content (AvgIpc) is 3.17. The van der Waals surface area contributed by atoms with Crippen molar-refractivity contribution in [1.29, 1.82) is 0 Å². The van der Waals surface area contributed by atoms with E-state index in [2.05, 4.69) is 38.7 Å². The van der Waals surface area contributed by atoms with E-state index >= 15 is 0 Å². The Morgan fingerprint density at radius 3 is 2.82 bits per heavy atom. The van der Waals surface area contributed by atoms with Crippen LogP contribution in [0, 0.1) is 5.92 Å². The lowest BCUT2D eigenvalue weighted by Gasteiger charge is -2.32. The summed E-state index contributed by atoms with van der Waals surface area (Å²) in [6.07, 6.45) is 1.84. The number of aliphatic imine (C=N–C) groups is 1. The van der Waals surface area contributed by atoms with Crippen LogP contribution in [-0.4, -0.2) is 69.5 Å². The van der Waals surface area contributed by atoms with Crippen molar-refractivity contribution in [3.05, 3.63) is 35.2 Å². The number of piperidine rings is 1. The molecule has 28 heavy (non-hydrogen) atoms. The summed E-state index contributed by atoms with van der Waals surface area (Å²) >= 11 is 1.64. The molecular formula is C21H32N4O2S. The van der Waals surface area contributed by atoms with Gasteiger partial charge >= 0.3 is 0 Å². The van der Waals surface area contributed by atoms with Crippen LogP contribution in [0.5, 0.6) is 0 Å². The molecule has 1 fully saturated rings. The minimum absolute atomic E-state index is 0.446. The number of fused-ring (bicyclic) bond motifs is 1. The van der Waals surface area contributed by atoms with E-state index in [0.29, 0.717) is 12.5 Å². The number of benzene rings is 1. The number of methoxy groups -OCH3 is 1. The zero-order valence-electron chi connectivity index (χ0n) is 16.9. The first-order valence-corrected chi connectivity index (χ1v) is 10.8. The third-order valence-electron chi connectivity index (χ3n) is 5.34. The van der Waals surface area contributed by atoms with Crippen LogP contribution in [0.15, 0.2) is 35.3 Å². The van der Waals surface area contributed by atoms with Crippen LogP contribution >= 0.6 is 11.3 Å². The number of thiophene rings is 1. The van der Waals surface area contributed by atoms with Crippen LogP contribution in [0.4, 0.5) is 0 Å². The van der Waals surface area contributed by atoms with Gasteiger partial charge in [0.1, 0.15) is 6.10 Å². The Kier molecular flexibility index (Phi) is 8.09. The fourth-order valence-electron chi connectivity index (χ4n) is 3.56. The number of hydrogen-bond donors (Lipinski definition) is 3. The molecule has 6 nitrogen and oxygen atoms in total. The predicted octanol–water partition coefficient (Wildman–Crippen LogP) is 2.46. The monoisotopic (exact) mass is 404 g/mol. The maximum atomic E-state index is 10.5. The molecular weight excluding hydrogens is 372 g/mol. The fraction of sp³-hybridized carbons (Fsp3) is 0.571.